The highest BCUT2D eigenvalue weighted by atomic mass is 32.2. The van der Waals surface area contributed by atoms with E-state index < -0.39 is 6.17 Å². The predicted molar refractivity (Wildman–Crippen MR) is 44.4 cm³/mol. The van der Waals surface area contributed by atoms with E-state index in [4.69, 9.17) is 4.74 Å². The minimum absolute atomic E-state index is 0.615. The van der Waals surface area contributed by atoms with Crippen molar-refractivity contribution in [3.8, 4) is 0 Å². The first kappa shape index (κ1) is 10.2. The highest BCUT2D eigenvalue weighted by Gasteiger charge is 1.96. The number of hydrogen-bond donors (Lipinski definition) is 0. The summed E-state index contributed by atoms with van der Waals surface area (Å²) in [6.07, 6.45) is 0.348. The number of alkyl halides is 1. The lowest BCUT2D eigenvalue weighted by atomic mass is 10.5. The number of rotatable bonds is 6. The van der Waals surface area contributed by atoms with E-state index in [2.05, 4.69) is 0 Å². The molecule has 1 atom stereocenters. The molecule has 0 aliphatic rings. The van der Waals surface area contributed by atoms with Gasteiger partial charge < -0.3 is 4.74 Å². The Morgan fingerprint density at radius 3 is 2.80 bits per heavy atom. The van der Waals surface area contributed by atoms with E-state index in [0.717, 1.165) is 18.8 Å². The fourth-order valence-electron chi connectivity index (χ4n) is 0.551. The van der Waals surface area contributed by atoms with Crippen molar-refractivity contribution in [2.24, 2.45) is 0 Å². The fraction of sp³-hybridized carbons (Fsp3) is 1.00. The summed E-state index contributed by atoms with van der Waals surface area (Å²) in [5.74, 6) is 1.62. The van der Waals surface area contributed by atoms with Crippen LogP contribution in [0.25, 0.3) is 0 Å². The van der Waals surface area contributed by atoms with E-state index in [1.54, 1.807) is 25.8 Å². The molecule has 0 fully saturated rings. The summed E-state index contributed by atoms with van der Waals surface area (Å²) in [7, 11) is 1.68. The first-order valence-electron chi connectivity index (χ1n) is 3.48. The number of hydrogen-bond acceptors (Lipinski definition) is 2. The molecule has 1 nitrogen and oxygen atoms in total. The average Bonchev–Trinajstić information content (AvgIpc) is 1.87. The first-order valence-corrected chi connectivity index (χ1v) is 4.63. The third-order valence-corrected chi connectivity index (χ3v) is 2.26. The molecule has 62 valence electrons. The minimum Gasteiger partial charge on any atom is -0.385 e. The second kappa shape index (κ2) is 7.35. The Morgan fingerprint density at radius 1 is 1.60 bits per heavy atom. The SMILES string of the molecule is COCCCSCC(C)F. The van der Waals surface area contributed by atoms with Crippen LogP contribution in [0.15, 0.2) is 0 Å². The Bertz CT molecular complexity index is 68.6. The molecule has 0 spiro atoms. The standard InChI is InChI=1S/C7H15FOS/c1-7(8)6-10-5-3-4-9-2/h7H,3-6H2,1-2H3. The molecule has 0 N–H and O–H groups in total. The van der Waals surface area contributed by atoms with E-state index in [1.165, 1.54) is 0 Å². The smallest absolute Gasteiger partial charge is 0.106 e. The Labute approximate surface area is 66.3 Å². The lowest BCUT2D eigenvalue weighted by Gasteiger charge is -2.00. The molecule has 0 saturated heterocycles. The molecule has 0 aromatic rings. The summed E-state index contributed by atoms with van der Waals surface area (Å²) in [6.45, 7) is 2.37. The zero-order chi connectivity index (χ0) is 7.82. The second-order valence-electron chi connectivity index (χ2n) is 2.20. The van der Waals surface area contributed by atoms with Crippen LogP contribution in [-0.4, -0.2) is 31.4 Å². The molecule has 0 aromatic heterocycles. The van der Waals surface area contributed by atoms with E-state index >= 15 is 0 Å². The summed E-state index contributed by atoms with van der Waals surface area (Å²) >= 11 is 1.65. The van der Waals surface area contributed by atoms with Crippen molar-refractivity contribution in [1.82, 2.24) is 0 Å². The van der Waals surface area contributed by atoms with Crippen LogP contribution in [-0.2, 0) is 4.74 Å². The van der Waals surface area contributed by atoms with Gasteiger partial charge in [-0.05, 0) is 19.1 Å². The molecule has 1 unspecified atom stereocenters. The Kier molecular flexibility index (Phi) is 7.52. The first-order chi connectivity index (χ1) is 4.77. The third kappa shape index (κ3) is 8.24. The van der Waals surface area contributed by atoms with Gasteiger partial charge in [0.15, 0.2) is 0 Å². The largest absolute Gasteiger partial charge is 0.385 e. The molecule has 0 saturated carbocycles. The molecule has 0 rings (SSSR count). The Hall–Kier alpha value is 0.240. The van der Waals surface area contributed by atoms with E-state index in [0.29, 0.717) is 5.75 Å². The maximum atomic E-state index is 12.2. The summed E-state index contributed by atoms with van der Waals surface area (Å²) in [6, 6.07) is 0. The van der Waals surface area contributed by atoms with Gasteiger partial charge in [0.2, 0.25) is 0 Å². The van der Waals surface area contributed by atoms with Gasteiger partial charge in [-0.1, -0.05) is 0 Å². The molecule has 0 aliphatic carbocycles. The number of thioether (sulfide) groups is 1. The maximum absolute atomic E-state index is 12.2. The van der Waals surface area contributed by atoms with Crippen molar-refractivity contribution in [3.05, 3.63) is 0 Å². The van der Waals surface area contributed by atoms with Crippen molar-refractivity contribution in [3.63, 3.8) is 0 Å². The van der Waals surface area contributed by atoms with Gasteiger partial charge in [0.1, 0.15) is 6.17 Å². The van der Waals surface area contributed by atoms with Crippen molar-refractivity contribution < 1.29 is 9.13 Å². The molecule has 0 bridgehead atoms. The van der Waals surface area contributed by atoms with Crippen LogP contribution in [0.1, 0.15) is 13.3 Å². The molecule has 10 heavy (non-hydrogen) atoms. The van der Waals surface area contributed by atoms with Gasteiger partial charge in [-0.15, -0.1) is 0 Å². The number of halogens is 1. The van der Waals surface area contributed by atoms with Gasteiger partial charge in [0.25, 0.3) is 0 Å². The minimum atomic E-state index is -0.674. The third-order valence-electron chi connectivity index (χ3n) is 0.985. The Morgan fingerprint density at radius 2 is 2.30 bits per heavy atom. The average molecular weight is 166 g/mol. The van der Waals surface area contributed by atoms with E-state index in [9.17, 15) is 4.39 Å². The molecule has 3 heteroatoms. The summed E-state index contributed by atoms with van der Waals surface area (Å²) in [4.78, 5) is 0. The highest BCUT2D eigenvalue weighted by Crippen LogP contribution is 2.06. The van der Waals surface area contributed by atoms with Gasteiger partial charge in [0, 0.05) is 19.5 Å². The molecule has 0 heterocycles. The van der Waals surface area contributed by atoms with Crippen LogP contribution in [0.4, 0.5) is 4.39 Å². The van der Waals surface area contributed by atoms with Crippen molar-refractivity contribution >= 4 is 11.8 Å². The van der Waals surface area contributed by atoms with Gasteiger partial charge in [-0.2, -0.15) is 11.8 Å². The quantitative estimate of drug-likeness (QED) is 0.559. The van der Waals surface area contributed by atoms with E-state index in [-0.39, 0.29) is 0 Å². The lowest BCUT2D eigenvalue weighted by molar-refractivity contribution is 0.200. The van der Waals surface area contributed by atoms with Crippen molar-refractivity contribution in [2.45, 2.75) is 19.5 Å². The van der Waals surface area contributed by atoms with Gasteiger partial charge in [-0.3, -0.25) is 0 Å². The number of methoxy groups -OCH3 is 1. The molecule has 0 amide bonds. The molecular weight excluding hydrogens is 151 g/mol. The van der Waals surface area contributed by atoms with Crippen LogP contribution in [0.3, 0.4) is 0 Å². The van der Waals surface area contributed by atoms with Crippen molar-refractivity contribution in [2.75, 3.05) is 25.2 Å². The monoisotopic (exact) mass is 166 g/mol. The highest BCUT2D eigenvalue weighted by molar-refractivity contribution is 7.99. The fourth-order valence-corrected chi connectivity index (χ4v) is 1.36. The number of ether oxygens (including phenoxy) is 1. The second-order valence-corrected chi connectivity index (χ2v) is 3.35. The zero-order valence-corrected chi connectivity index (χ0v) is 7.42. The van der Waals surface area contributed by atoms with Gasteiger partial charge in [-0.25, -0.2) is 4.39 Å². The summed E-state index contributed by atoms with van der Waals surface area (Å²) in [5.41, 5.74) is 0. The molecular formula is C7H15FOS. The molecule has 0 aromatic carbocycles. The lowest BCUT2D eigenvalue weighted by Crippen LogP contribution is -1.98. The van der Waals surface area contributed by atoms with Crippen LogP contribution in [0.2, 0.25) is 0 Å². The van der Waals surface area contributed by atoms with Crippen LogP contribution >= 0.6 is 11.8 Å². The zero-order valence-electron chi connectivity index (χ0n) is 6.60. The van der Waals surface area contributed by atoms with Crippen LogP contribution < -0.4 is 0 Å². The normalized spacial score (nSPS) is 13.5. The molecule has 0 radical (unpaired) electrons. The Balaban J connectivity index is 2.77. The summed E-state index contributed by atoms with van der Waals surface area (Å²) < 4.78 is 17.0. The topological polar surface area (TPSA) is 9.23 Å². The van der Waals surface area contributed by atoms with Gasteiger partial charge in [0.05, 0.1) is 0 Å². The maximum Gasteiger partial charge on any atom is 0.106 e. The van der Waals surface area contributed by atoms with Crippen molar-refractivity contribution in [1.29, 1.82) is 0 Å². The molecule has 0 aliphatic heterocycles. The van der Waals surface area contributed by atoms with E-state index in [1.807, 2.05) is 0 Å². The van der Waals surface area contributed by atoms with Gasteiger partial charge >= 0.3 is 0 Å². The van der Waals surface area contributed by atoms with Crippen LogP contribution in [0, 0.1) is 0 Å². The predicted octanol–water partition coefficient (Wildman–Crippen LogP) is 2.11. The van der Waals surface area contributed by atoms with Crippen LogP contribution in [0.5, 0.6) is 0 Å². The summed E-state index contributed by atoms with van der Waals surface area (Å²) in [5, 5.41) is 0.